The fourth-order valence-electron chi connectivity index (χ4n) is 2.31. The molecule has 0 aliphatic carbocycles. The molecule has 0 amide bonds. The Balaban J connectivity index is 1.88. The minimum atomic E-state index is 0.540. The minimum absolute atomic E-state index is 0.540. The van der Waals surface area contributed by atoms with E-state index in [4.69, 9.17) is 4.74 Å². The van der Waals surface area contributed by atoms with Gasteiger partial charge in [-0.05, 0) is 30.7 Å². The summed E-state index contributed by atoms with van der Waals surface area (Å²) in [5.74, 6) is 0.845. The van der Waals surface area contributed by atoms with Gasteiger partial charge < -0.3 is 9.72 Å². The summed E-state index contributed by atoms with van der Waals surface area (Å²) in [5.41, 5.74) is 3.72. The predicted octanol–water partition coefficient (Wildman–Crippen LogP) is 3.87. The standard InChI is InChI=1S/C17H15NO2/c1-12-15-9-14(10-19)18-16(15)7-8-17(12)20-11-13-5-3-2-4-6-13/h2-10,18H,11H2,1H3. The van der Waals surface area contributed by atoms with Gasteiger partial charge in [0.05, 0.1) is 5.69 Å². The summed E-state index contributed by atoms with van der Waals surface area (Å²) in [4.78, 5) is 13.9. The van der Waals surface area contributed by atoms with Crippen LogP contribution in [0.1, 0.15) is 21.6 Å². The maximum atomic E-state index is 10.8. The van der Waals surface area contributed by atoms with Crippen LogP contribution in [0.25, 0.3) is 10.9 Å². The van der Waals surface area contributed by atoms with Crippen molar-refractivity contribution in [2.45, 2.75) is 13.5 Å². The van der Waals surface area contributed by atoms with Crippen LogP contribution in [0.5, 0.6) is 5.75 Å². The Morgan fingerprint density at radius 3 is 2.70 bits per heavy atom. The molecular weight excluding hydrogens is 250 g/mol. The average molecular weight is 265 g/mol. The number of aromatic nitrogens is 1. The zero-order chi connectivity index (χ0) is 13.9. The monoisotopic (exact) mass is 265 g/mol. The molecule has 0 saturated carbocycles. The molecule has 1 heterocycles. The summed E-state index contributed by atoms with van der Waals surface area (Å²) in [6.07, 6.45) is 0.823. The third-order valence-corrected chi connectivity index (χ3v) is 3.41. The van der Waals surface area contributed by atoms with E-state index in [0.717, 1.165) is 34.1 Å². The number of carbonyl (C=O) groups is 1. The molecule has 3 rings (SSSR count). The van der Waals surface area contributed by atoms with Crippen molar-refractivity contribution in [3.63, 3.8) is 0 Å². The molecule has 3 heteroatoms. The number of benzene rings is 2. The highest BCUT2D eigenvalue weighted by molar-refractivity contribution is 5.91. The molecule has 0 spiro atoms. The van der Waals surface area contributed by atoms with Gasteiger partial charge in [-0.25, -0.2) is 0 Å². The Bertz CT molecular complexity index is 744. The van der Waals surface area contributed by atoms with Crippen LogP contribution in [-0.4, -0.2) is 11.3 Å². The van der Waals surface area contributed by atoms with Crippen LogP contribution in [0.2, 0.25) is 0 Å². The number of carbonyl (C=O) groups excluding carboxylic acids is 1. The number of aromatic amines is 1. The van der Waals surface area contributed by atoms with Gasteiger partial charge in [-0.15, -0.1) is 0 Å². The first kappa shape index (κ1) is 12.5. The van der Waals surface area contributed by atoms with Crippen molar-refractivity contribution in [3.8, 4) is 5.75 Å². The lowest BCUT2D eigenvalue weighted by atomic mass is 10.1. The first-order valence-corrected chi connectivity index (χ1v) is 6.52. The van der Waals surface area contributed by atoms with E-state index in [1.165, 1.54) is 0 Å². The first-order chi connectivity index (χ1) is 9.78. The molecule has 0 aliphatic heterocycles. The predicted molar refractivity (Wildman–Crippen MR) is 79.2 cm³/mol. The van der Waals surface area contributed by atoms with Gasteiger partial charge in [0.2, 0.25) is 0 Å². The molecule has 1 aromatic heterocycles. The van der Waals surface area contributed by atoms with E-state index in [1.807, 2.05) is 55.5 Å². The van der Waals surface area contributed by atoms with E-state index >= 15 is 0 Å². The molecule has 0 atom stereocenters. The van der Waals surface area contributed by atoms with Crippen LogP contribution in [0.4, 0.5) is 0 Å². The van der Waals surface area contributed by atoms with Crippen LogP contribution in [-0.2, 0) is 6.61 Å². The topological polar surface area (TPSA) is 42.1 Å². The molecule has 20 heavy (non-hydrogen) atoms. The van der Waals surface area contributed by atoms with Crippen LogP contribution in [0.15, 0.2) is 48.5 Å². The minimum Gasteiger partial charge on any atom is -0.489 e. The number of hydrogen-bond donors (Lipinski definition) is 1. The van der Waals surface area contributed by atoms with E-state index in [2.05, 4.69) is 4.98 Å². The van der Waals surface area contributed by atoms with Crippen molar-refractivity contribution in [2.24, 2.45) is 0 Å². The van der Waals surface area contributed by atoms with Crippen molar-refractivity contribution in [1.82, 2.24) is 4.98 Å². The fraction of sp³-hybridized carbons (Fsp3) is 0.118. The van der Waals surface area contributed by atoms with Gasteiger partial charge in [-0.2, -0.15) is 0 Å². The second-order valence-electron chi connectivity index (χ2n) is 4.77. The van der Waals surface area contributed by atoms with Gasteiger partial charge in [0.15, 0.2) is 6.29 Å². The molecule has 3 nitrogen and oxygen atoms in total. The number of ether oxygens (including phenoxy) is 1. The Morgan fingerprint density at radius 1 is 1.15 bits per heavy atom. The second kappa shape index (κ2) is 5.21. The maximum absolute atomic E-state index is 10.8. The average Bonchev–Trinajstić information content (AvgIpc) is 2.92. The van der Waals surface area contributed by atoms with Gasteiger partial charge >= 0.3 is 0 Å². The van der Waals surface area contributed by atoms with Gasteiger partial charge in [0.25, 0.3) is 0 Å². The van der Waals surface area contributed by atoms with Gasteiger partial charge in [0.1, 0.15) is 12.4 Å². The lowest BCUT2D eigenvalue weighted by Crippen LogP contribution is -1.96. The highest BCUT2D eigenvalue weighted by Crippen LogP contribution is 2.28. The van der Waals surface area contributed by atoms with Crippen LogP contribution in [0.3, 0.4) is 0 Å². The quantitative estimate of drug-likeness (QED) is 0.728. The first-order valence-electron chi connectivity index (χ1n) is 6.52. The number of aldehydes is 1. The molecule has 2 aromatic carbocycles. The molecule has 3 aromatic rings. The van der Waals surface area contributed by atoms with Crippen molar-refractivity contribution in [1.29, 1.82) is 0 Å². The van der Waals surface area contributed by atoms with Crippen LogP contribution < -0.4 is 4.74 Å². The van der Waals surface area contributed by atoms with E-state index in [9.17, 15) is 4.79 Å². The summed E-state index contributed by atoms with van der Waals surface area (Å²) in [6, 6.07) is 15.8. The van der Waals surface area contributed by atoms with E-state index in [1.54, 1.807) is 0 Å². The third kappa shape index (κ3) is 2.30. The third-order valence-electron chi connectivity index (χ3n) is 3.41. The highest BCUT2D eigenvalue weighted by Gasteiger charge is 2.08. The summed E-state index contributed by atoms with van der Waals surface area (Å²) in [6.45, 7) is 2.54. The molecular formula is C17H15NO2. The Hall–Kier alpha value is -2.55. The molecule has 0 bridgehead atoms. The molecule has 0 radical (unpaired) electrons. The summed E-state index contributed by atoms with van der Waals surface area (Å²) >= 11 is 0. The molecule has 100 valence electrons. The van der Waals surface area contributed by atoms with Crippen molar-refractivity contribution >= 4 is 17.2 Å². The van der Waals surface area contributed by atoms with Crippen molar-refractivity contribution < 1.29 is 9.53 Å². The van der Waals surface area contributed by atoms with E-state index < -0.39 is 0 Å². The Kier molecular flexibility index (Phi) is 3.25. The fourth-order valence-corrected chi connectivity index (χ4v) is 2.31. The lowest BCUT2D eigenvalue weighted by molar-refractivity contribution is 0.112. The van der Waals surface area contributed by atoms with Gasteiger partial charge in [-0.1, -0.05) is 30.3 Å². The number of fused-ring (bicyclic) bond motifs is 1. The number of nitrogens with one attached hydrogen (secondary N) is 1. The largest absolute Gasteiger partial charge is 0.489 e. The normalized spacial score (nSPS) is 10.7. The van der Waals surface area contributed by atoms with E-state index in [0.29, 0.717) is 12.3 Å². The SMILES string of the molecule is Cc1c(OCc2ccccc2)ccc2[nH]c(C=O)cc12. The maximum Gasteiger partial charge on any atom is 0.166 e. The van der Waals surface area contributed by atoms with E-state index in [-0.39, 0.29) is 0 Å². The highest BCUT2D eigenvalue weighted by atomic mass is 16.5. The lowest BCUT2D eigenvalue weighted by Gasteiger charge is -2.09. The Morgan fingerprint density at radius 2 is 1.95 bits per heavy atom. The summed E-state index contributed by atoms with van der Waals surface area (Å²) in [5, 5.41) is 1.03. The Labute approximate surface area is 117 Å². The zero-order valence-electron chi connectivity index (χ0n) is 11.2. The number of rotatable bonds is 4. The molecule has 1 N–H and O–H groups in total. The van der Waals surface area contributed by atoms with Crippen LogP contribution in [0, 0.1) is 6.92 Å². The van der Waals surface area contributed by atoms with Crippen LogP contribution >= 0.6 is 0 Å². The summed E-state index contributed by atoms with van der Waals surface area (Å²) in [7, 11) is 0. The smallest absolute Gasteiger partial charge is 0.166 e. The molecule has 0 unspecified atom stereocenters. The van der Waals surface area contributed by atoms with Gasteiger partial charge in [0, 0.05) is 16.5 Å². The van der Waals surface area contributed by atoms with Crippen molar-refractivity contribution in [3.05, 3.63) is 65.4 Å². The molecule has 0 fully saturated rings. The zero-order valence-corrected chi connectivity index (χ0v) is 11.2. The number of H-pyrrole nitrogens is 1. The number of hydrogen-bond acceptors (Lipinski definition) is 2. The van der Waals surface area contributed by atoms with Gasteiger partial charge in [-0.3, -0.25) is 4.79 Å². The van der Waals surface area contributed by atoms with Crippen molar-refractivity contribution in [2.75, 3.05) is 0 Å². The summed E-state index contributed by atoms with van der Waals surface area (Å²) < 4.78 is 5.87. The molecule has 0 saturated heterocycles. The second-order valence-corrected chi connectivity index (χ2v) is 4.77. The number of aryl methyl sites for hydroxylation is 1. The molecule has 0 aliphatic rings.